The number of hydrogen-bond acceptors (Lipinski definition) is 3. The molecule has 4 heteroatoms. The van der Waals surface area contributed by atoms with Gasteiger partial charge in [-0.25, -0.2) is 0 Å². The van der Waals surface area contributed by atoms with Crippen molar-refractivity contribution < 1.29 is 4.79 Å². The summed E-state index contributed by atoms with van der Waals surface area (Å²) in [7, 11) is 0. The lowest BCUT2D eigenvalue weighted by molar-refractivity contribution is -0.124. The molecule has 0 saturated carbocycles. The second kappa shape index (κ2) is 7.93. The number of hydrogen-bond donors (Lipinski definition) is 2. The molecule has 126 valence electrons. The molecule has 2 N–H and O–H groups in total. The molecule has 23 heavy (non-hydrogen) atoms. The van der Waals surface area contributed by atoms with Crippen LogP contribution in [0.15, 0.2) is 24.3 Å². The van der Waals surface area contributed by atoms with Crippen LogP contribution >= 0.6 is 0 Å². The summed E-state index contributed by atoms with van der Waals surface area (Å²) in [5.74, 6) is 0.334. The minimum Gasteiger partial charge on any atom is -0.352 e. The van der Waals surface area contributed by atoms with Gasteiger partial charge in [-0.15, -0.1) is 0 Å². The van der Waals surface area contributed by atoms with Gasteiger partial charge in [-0.1, -0.05) is 30.7 Å². The zero-order valence-electron chi connectivity index (χ0n) is 14.2. The molecule has 2 aliphatic rings. The molecule has 0 radical (unpaired) electrons. The Labute approximate surface area is 139 Å². The summed E-state index contributed by atoms with van der Waals surface area (Å²) in [6.07, 6.45) is 4.91. The van der Waals surface area contributed by atoms with Gasteiger partial charge in [0.05, 0.1) is 5.92 Å². The third-order valence-corrected chi connectivity index (χ3v) is 5.32. The molecule has 2 saturated heterocycles. The molecular weight excluding hydrogens is 286 g/mol. The SMILES string of the molecule is C[C@H]1CCCCN1Cc1ccccc1CNC(=O)[C@H]1CCNC1. The summed E-state index contributed by atoms with van der Waals surface area (Å²) in [6.45, 7) is 6.94. The number of amides is 1. The number of piperidine rings is 1. The van der Waals surface area contributed by atoms with Crippen molar-refractivity contribution in [3.8, 4) is 0 Å². The van der Waals surface area contributed by atoms with Crippen LogP contribution in [0.4, 0.5) is 0 Å². The smallest absolute Gasteiger partial charge is 0.224 e. The first kappa shape index (κ1) is 16.5. The molecule has 0 aromatic heterocycles. The van der Waals surface area contributed by atoms with E-state index in [4.69, 9.17) is 0 Å². The molecule has 3 rings (SSSR count). The number of nitrogens with one attached hydrogen (secondary N) is 2. The molecule has 0 bridgehead atoms. The second-order valence-corrected chi connectivity index (χ2v) is 6.99. The first-order chi connectivity index (χ1) is 11.2. The van der Waals surface area contributed by atoms with Crippen LogP contribution < -0.4 is 10.6 Å². The van der Waals surface area contributed by atoms with Crippen LogP contribution in [0.5, 0.6) is 0 Å². The van der Waals surface area contributed by atoms with Gasteiger partial charge >= 0.3 is 0 Å². The van der Waals surface area contributed by atoms with E-state index in [1.54, 1.807) is 0 Å². The van der Waals surface area contributed by atoms with E-state index in [9.17, 15) is 4.79 Å². The van der Waals surface area contributed by atoms with E-state index in [2.05, 4.69) is 46.7 Å². The Kier molecular flexibility index (Phi) is 5.68. The summed E-state index contributed by atoms with van der Waals surface area (Å²) in [4.78, 5) is 14.8. The van der Waals surface area contributed by atoms with E-state index >= 15 is 0 Å². The fraction of sp³-hybridized carbons (Fsp3) is 0.632. The highest BCUT2D eigenvalue weighted by molar-refractivity contribution is 5.79. The van der Waals surface area contributed by atoms with Gasteiger partial charge < -0.3 is 10.6 Å². The monoisotopic (exact) mass is 315 g/mol. The van der Waals surface area contributed by atoms with E-state index in [0.29, 0.717) is 12.6 Å². The minimum atomic E-state index is 0.143. The summed E-state index contributed by atoms with van der Waals surface area (Å²) in [5.41, 5.74) is 2.61. The average molecular weight is 315 g/mol. The lowest BCUT2D eigenvalue weighted by Crippen LogP contribution is -2.37. The third kappa shape index (κ3) is 4.33. The van der Waals surface area contributed by atoms with Crippen molar-refractivity contribution in [3.63, 3.8) is 0 Å². The fourth-order valence-electron chi connectivity index (χ4n) is 3.70. The third-order valence-electron chi connectivity index (χ3n) is 5.32. The number of carbonyl (C=O) groups is 1. The lowest BCUT2D eigenvalue weighted by Gasteiger charge is -2.33. The molecule has 0 spiro atoms. The molecule has 1 aromatic carbocycles. The topological polar surface area (TPSA) is 44.4 Å². The van der Waals surface area contributed by atoms with Gasteiger partial charge in [-0.05, 0) is 50.4 Å². The minimum absolute atomic E-state index is 0.143. The summed E-state index contributed by atoms with van der Waals surface area (Å²) in [5, 5.41) is 6.39. The van der Waals surface area contributed by atoms with Gasteiger partial charge in [-0.2, -0.15) is 0 Å². The van der Waals surface area contributed by atoms with Crippen molar-refractivity contribution in [2.75, 3.05) is 19.6 Å². The van der Waals surface area contributed by atoms with Crippen molar-refractivity contribution in [1.82, 2.24) is 15.5 Å². The van der Waals surface area contributed by atoms with Crippen molar-refractivity contribution in [2.24, 2.45) is 5.92 Å². The van der Waals surface area contributed by atoms with Crippen LogP contribution in [-0.2, 0) is 17.9 Å². The molecule has 0 unspecified atom stereocenters. The summed E-state index contributed by atoms with van der Waals surface area (Å²) >= 11 is 0. The predicted octanol–water partition coefficient (Wildman–Crippen LogP) is 2.29. The van der Waals surface area contributed by atoms with Crippen molar-refractivity contribution in [1.29, 1.82) is 0 Å². The number of benzene rings is 1. The van der Waals surface area contributed by atoms with E-state index in [1.165, 1.54) is 36.9 Å². The van der Waals surface area contributed by atoms with Crippen LogP contribution in [0.1, 0.15) is 43.7 Å². The van der Waals surface area contributed by atoms with Gasteiger partial charge in [0, 0.05) is 25.7 Å². The van der Waals surface area contributed by atoms with E-state index < -0.39 is 0 Å². The van der Waals surface area contributed by atoms with Crippen molar-refractivity contribution in [2.45, 2.75) is 51.7 Å². The Bertz CT molecular complexity index is 525. The van der Waals surface area contributed by atoms with E-state index in [0.717, 1.165) is 26.1 Å². The number of likely N-dealkylation sites (tertiary alicyclic amines) is 1. The maximum atomic E-state index is 12.2. The molecule has 4 nitrogen and oxygen atoms in total. The molecular formula is C19H29N3O. The van der Waals surface area contributed by atoms with Gasteiger partial charge in [0.2, 0.25) is 5.91 Å². The summed E-state index contributed by atoms with van der Waals surface area (Å²) in [6, 6.07) is 9.20. The van der Waals surface area contributed by atoms with Crippen molar-refractivity contribution >= 4 is 5.91 Å². The van der Waals surface area contributed by atoms with E-state index in [1.807, 2.05) is 0 Å². The quantitative estimate of drug-likeness (QED) is 0.876. The maximum absolute atomic E-state index is 12.2. The highest BCUT2D eigenvalue weighted by Crippen LogP contribution is 2.21. The first-order valence-corrected chi connectivity index (χ1v) is 9.03. The van der Waals surface area contributed by atoms with Crippen LogP contribution in [0, 0.1) is 5.92 Å². The zero-order valence-corrected chi connectivity index (χ0v) is 14.2. The molecule has 2 atom stereocenters. The van der Waals surface area contributed by atoms with Crippen LogP contribution in [-0.4, -0.2) is 36.5 Å². The Morgan fingerprint density at radius 2 is 2.09 bits per heavy atom. The zero-order chi connectivity index (χ0) is 16.1. The Morgan fingerprint density at radius 3 is 2.83 bits per heavy atom. The Morgan fingerprint density at radius 1 is 1.26 bits per heavy atom. The maximum Gasteiger partial charge on any atom is 0.224 e. The van der Waals surface area contributed by atoms with Crippen LogP contribution in [0.25, 0.3) is 0 Å². The summed E-state index contributed by atoms with van der Waals surface area (Å²) < 4.78 is 0. The Hall–Kier alpha value is -1.39. The van der Waals surface area contributed by atoms with E-state index in [-0.39, 0.29) is 11.8 Å². The van der Waals surface area contributed by atoms with Gasteiger partial charge in [0.15, 0.2) is 0 Å². The highest BCUT2D eigenvalue weighted by atomic mass is 16.1. The average Bonchev–Trinajstić information content (AvgIpc) is 3.10. The van der Waals surface area contributed by atoms with Gasteiger partial charge in [0.1, 0.15) is 0 Å². The second-order valence-electron chi connectivity index (χ2n) is 6.99. The molecule has 2 heterocycles. The number of carbonyl (C=O) groups excluding carboxylic acids is 1. The number of nitrogens with zero attached hydrogens (tertiary/aromatic N) is 1. The van der Waals surface area contributed by atoms with Gasteiger partial charge in [0.25, 0.3) is 0 Å². The highest BCUT2D eigenvalue weighted by Gasteiger charge is 2.22. The van der Waals surface area contributed by atoms with Gasteiger partial charge in [-0.3, -0.25) is 9.69 Å². The largest absolute Gasteiger partial charge is 0.352 e. The molecule has 2 fully saturated rings. The molecule has 0 aliphatic carbocycles. The van der Waals surface area contributed by atoms with Crippen molar-refractivity contribution in [3.05, 3.63) is 35.4 Å². The number of rotatable bonds is 5. The standard InChI is InChI=1S/C19H29N3O/c1-15-6-4-5-11-22(15)14-18-8-3-2-7-16(18)13-21-19(23)17-9-10-20-12-17/h2-3,7-8,15,17,20H,4-6,9-14H2,1H3,(H,21,23)/t15-,17-/m0/s1. The first-order valence-electron chi connectivity index (χ1n) is 9.03. The molecule has 2 aliphatic heterocycles. The normalized spacial score (nSPS) is 25.4. The van der Waals surface area contributed by atoms with Crippen LogP contribution in [0.3, 0.4) is 0 Å². The molecule has 1 amide bonds. The fourth-order valence-corrected chi connectivity index (χ4v) is 3.70. The predicted molar refractivity (Wildman–Crippen MR) is 93.0 cm³/mol. The molecule has 1 aromatic rings. The van der Waals surface area contributed by atoms with Crippen LogP contribution in [0.2, 0.25) is 0 Å². The Balaban J connectivity index is 1.59. The lowest BCUT2D eigenvalue weighted by atomic mass is 10.0.